The number of carbonyl (C=O) groups excluding carboxylic acids is 2. The lowest BCUT2D eigenvalue weighted by Gasteiger charge is -2.41. The van der Waals surface area contributed by atoms with Crippen LogP contribution in [0.1, 0.15) is 46.0 Å². The van der Waals surface area contributed by atoms with Crippen molar-refractivity contribution in [2.45, 2.75) is 58.0 Å². The van der Waals surface area contributed by atoms with Crippen molar-refractivity contribution in [2.24, 2.45) is 5.92 Å². The van der Waals surface area contributed by atoms with Crippen molar-refractivity contribution in [2.75, 3.05) is 26.7 Å². The van der Waals surface area contributed by atoms with Crippen LogP contribution in [0, 0.1) is 5.92 Å². The summed E-state index contributed by atoms with van der Waals surface area (Å²) in [6, 6.07) is 0.671. The van der Waals surface area contributed by atoms with Crippen LogP contribution in [0.3, 0.4) is 0 Å². The highest BCUT2D eigenvalue weighted by Crippen LogP contribution is 2.23. The normalized spacial score (nSPS) is 31.0. The fraction of sp³-hybridized carbons (Fsp3) is 0.875. The number of hydrogen-bond acceptors (Lipinski definition) is 4. The Morgan fingerprint density at radius 3 is 2.38 bits per heavy atom. The molecule has 0 spiro atoms. The Morgan fingerprint density at radius 1 is 1.10 bits per heavy atom. The molecule has 2 aliphatic heterocycles. The number of hydrogen-bond donors (Lipinski definition) is 0. The highest BCUT2D eigenvalue weighted by atomic mass is 16.5. The second kappa shape index (κ2) is 7.25. The largest absolute Gasteiger partial charge is 0.469 e. The van der Waals surface area contributed by atoms with Crippen LogP contribution < -0.4 is 0 Å². The second-order valence-electron chi connectivity index (χ2n) is 6.53. The zero-order valence-electron chi connectivity index (χ0n) is 13.5. The van der Waals surface area contributed by atoms with E-state index in [-0.39, 0.29) is 17.8 Å². The summed E-state index contributed by atoms with van der Waals surface area (Å²) >= 11 is 0. The first-order valence-corrected chi connectivity index (χ1v) is 8.14. The Labute approximate surface area is 127 Å². The van der Waals surface area contributed by atoms with E-state index in [9.17, 15) is 9.59 Å². The van der Waals surface area contributed by atoms with Gasteiger partial charge in [-0.1, -0.05) is 0 Å². The van der Waals surface area contributed by atoms with Gasteiger partial charge in [-0.2, -0.15) is 0 Å². The summed E-state index contributed by atoms with van der Waals surface area (Å²) in [6.45, 7) is 6.26. The summed E-state index contributed by atoms with van der Waals surface area (Å²) in [5.41, 5.74) is 0. The lowest BCUT2D eigenvalue weighted by Crippen LogP contribution is -2.52. The van der Waals surface area contributed by atoms with Gasteiger partial charge in [-0.05, 0) is 52.5 Å². The highest BCUT2D eigenvalue weighted by Gasteiger charge is 2.32. The maximum Gasteiger partial charge on any atom is 0.309 e. The molecule has 0 aromatic rings. The molecule has 0 saturated carbocycles. The SMILES string of the molecule is COC(=O)[C@H]1CCCN(CC(=O)N2C(C)CCCC2C)C1. The summed E-state index contributed by atoms with van der Waals surface area (Å²) in [6.07, 6.45) is 5.23. The number of likely N-dealkylation sites (tertiary alicyclic amines) is 2. The Balaban J connectivity index is 1.91. The van der Waals surface area contributed by atoms with Crippen molar-refractivity contribution in [3.63, 3.8) is 0 Å². The summed E-state index contributed by atoms with van der Waals surface area (Å²) in [5.74, 6) is -0.0140. The van der Waals surface area contributed by atoms with Gasteiger partial charge in [0.2, 0.25) is 5.91 Å². The summed E-state index contributed by atoms with van der Waals surface area (Å²) < 4.78 is 4.83. The van der Waals surface area contributed by atoms with E-state index >= 15 is 0 Å². The predicted octanol–water partition coefficient (Wildman–Crippen LogP) is 1.66. The highest BCUT2D eigenvalue weighted by molar-refractivity contribution is 5.79. The topological polar surface area (TPSA) is 49.9 Å². The molecule has 2 fully saturated rings. The average molecular weight is 296 g/mol. The fourth-order valence-electron chi connectivity index (χ4n) is 3.74. The molecule has 120 valence electrons. The predicted molar refractivity (Wildman–Crippen MR) is 80.8 cm³/mol. The van der Waals surface area contributed by atoms with E-state index in [4.69, 9.17) is 4.74 Å². The van der Waals surface area contributed by atoms with E-state index in [2.05, 4.69) is 18.7 Å². The molecule has 1 amide bonds. The minimum absolute atomic E-state index is 0.0762. The maximum atomic E-state index is 12.6. The minimum Gasteiger partial charge on any atom is -0.469 e. The van der Waals surface area contributed by atoms with E-state index in [0.29, 0.717) is 25.2 Å². The molecule has 2 rings (SSSR count). The van der Waals surface area contributed by atoms with Crippen molar-refractivity contribution in [1.29, 1.82) is 0 Å². The number of methoxy groups -OCH3 is 1. The summed E-state index contributed by atoms with van der Waals surface area (Å²) in [5, 5.41) is 0. The molecule has 0 aromatic carbocycles. The first-order chi connectivity index (χ1) is 10.0. The van der Waals surface area contributed by atoms with Crippen molar-refractivity contribution in [1.82, 2.24) is 9.80 Å². The Morgan fingerprint density at radius 2 is 1.76 bits per heavy atom. The molecule has 3 atom stereocenters. The molecule has 0 bridgehead atoms. The molecule has 0 aliphatic carbocycles. The van der Waals surface area contributed by atoms with E-state index in [1.807, 2.05) is 4.90 Å². The summed E-state index contributed by atoms with van der Waals surface area (Å²) in [4.78, 5) is 28.4. The van der Waals surface area contributed by atoms with Gasteiger partial charge in [0.05, 0.1) is 19.6 Å². The van der Waals surface area contributed by atoms with Gasteiger partial charge in [0.15, 0.2) is 0 Å². The average Bonchev–Trinajstić information content (AvgIpc) is 2.46. The van der Waals surface area contributed by atoms with E-state index in [1.54, 1.807) is 0 Å². The van der Waals surface area contributed by atoms with Gasteiger partial charge >= 0.3 is 5.97 Å². The standard InChI is InChI=1S/C16H28N2O3/c1-12-6-4-7-13(2)18(12)15(19)11-17-9-5-8-14(10-17)16(20)21-3/h12-14H,4-11H2,1-3H3/t12?,13?,14-/m0/s1. The number of ether oxygens (including phenoxy) is 1. The van der Waals surface area contributed by atoms with Crippen molar-refractivity contribution < 1.29 is 14.3 Å². The molecule has 0 radical (unpaired) electrons. The lowest BCUT2D eigenvalue weighted by molar-refractivity contribution is -0.149. The number of rotatable bonds is 3. The smallest absolute Gasteiger partial charge is 0.309 e. The molecular weight excluding hydrogens is 268 g/mol. The number of esters is 1. The van der Waals surface area contributed by atoms with Crippen LogP contribution >= 0.6 is 0 Å². The van der Waals surface area contributed by atoms with E-state index in [0.717, 1.165) is 32.2 Å². The molecule has 2 aliphatic rings. The Hall–Kier alpha value is -1.10. The van der Waals surface area contributed by atoms with Crippen molar-refractivity contribution in [3.8, 4) is 0 Å². The van der Waals surface area contributed by atoms with Crippen LogP contribution in [0.5, 0.6) is 0 Å². The summed E-state index contributed by atoms with van der Waals surface area (Å²) in [7, 11) is 1.43. The van der Waals surface area contributed by atoms with Crippen LogP contribution in [0.15, 0.2) is 0 Å². The van der Waals surface area contributed by atoms with Gasteiger partial charge in [0.1, 0.15) is 0 Å². The third-order valence-corrected chi connectivity index (χ3v) is 4.88. The molecule has 0 N–H and O–H groups in total. The third-order valence-electron chi connectivity index (χ3n) is 4.88. The van der Waals surface area contributed by atoms with Gasteiger partial charge in [-0.3, -0.25) is 14.5 Å². The van der Waals surface area contributed by atoms with Crippen molar-refractivity contribution >= 4 is 11.9 Å². The number of piperidine rings is 2. The van der Waals surface area contributed by atoms with Gasteiger partial charge in [-0.25, -0.2) is 0 Å². The molecule has 0 aromatic heterocycles. The Bertz CT molecular complexity index is 376. The first-order valence-electron chi connectivity index (χ1n) is 8.14. The lowest BCUT2D eigenvalue weighted by atomic mass is 9.96. The van der Waals surface area contributed by atoms with Gasteiger partial charge in [0.25, 0.3) is 0 Å². The second-order valence-corrected chi connectivity index (χ2v) is 6.53. The molecule has 2 unspecified atom stereocenters. The quantitative estimate of drug-likeness (QED) is 0.743. The first kappa shape index (κ1) is 16.3. The molecule has 2 heterocycles. The minimum atomic E-state index is -0.146. The maximum absolute atomic E-state index is 12.6. The van der Waals surface area contributed by atoms with Gasteiger partial charge in [0, 0.05) is 18.6 Å². The third kappa shape index (κ3) is 3.96. The molecular formula is C16H28N2O3. The zero-order valence-corrected chi connectivity index (χ0v) is 13.5. The van der Waals surface area contributed by atoms with E-state index in [1.165, 1.54) is 13.5 Å². The number of carbonyl (C=O) groups is 2. The number of nitrogens with zero attached hydrogens (tertiary/aromatic N) is 2. The Kier molecular flexibility index (Phi) is 5.62. The van der Waals surface area contributed by atoms with Gasteiger partial charge in [-0.15, -0.1) is 0 Å². The molecule has 2 saturated heterocycles. The van der Waals surface area contributed by atoms with E-state index < -0.39 is 0 Å². The fourth-order valence-corrected chi connectivity index (χ4v) is 3.74. The monoisotopic (exact) mass is 296 g/mol. The van der Waals surface area contributed by atoms with Crippen LogP contribution in [-0.2, 0) is 14.3 Å². The van der Waals surface area contributed by atoms with Crippen LogP contribution in [0.2, 0.25) is 0 Å². The van der Waals surface area contributed by atoms with Crippen LogP contribution in [-0.4, -0.2) is 60.5 Å². The molecule has 5 nitrogen and oxygen atoms in total. The van der Waals surface area contributed by atoms with Crippen LogP contribution in [0.4, 0.5) is 0 Å². The zero-order chi connectivity index (χ0) is 15.4. The molecule has 21 heavy (non-hydrogen) atoms. The van der Waals surface area contributed by atoms with Gasteiger partial charge < -0.3 is 9.64 Å². The molecule has 5 heteroatoms. The number of amides is 1. The van der Waals surface area contributed by atoms with Crippen LogP contribution in [0.25, 0.3) is 0 Å². The van der Waals surface area contributed by atoms with Crippen molar-refractivity contribution in [3.05, 3.63) is 0 Å².